The number of hydrogen-bond donors (Lipinski definition) is 2. The smallest absolute Gasteiger partial charge is 0.255 e. The molecule has 0 radical (unpaired) electrons. The first-order valence-corrected chi connectivity index (χ1v) is 12.3. The van der Waals surface area contributed by atoms with Gasteiger partial charge in [-0.25, -0.2) is 0 Å². The van der Waals surface area contributed by atoms with Gasteiger partial charge >= 0.3 is 0 Å². The van der Waals surface area contributed by atoms with Crippen LogP contribution >= 0.6 is 0 Å². The molecule has 2 N–H and O–H groups in total. The predicted molar refractivity (Wildman–Crippen MR) is 122 cm³/mol. The molecule has 0 amide bonds. The molecular weight excluding hydrogens is 359 g/mol. The first kappa shape index (κ1) is 22.9. The number of phenols is 2. The van der Waals surface area contributed by atoms with Crippen LogP contribution in [-0.4, -0.2) is 25.4 Å². The average Bonchev–Trinajstić information content (AvgIpc) is 2.55. The third kappa shape index (κ3) is 5.13. The second kappa shape index (κ2) is 8.52. The van der Waals surface area contributed by atoms with Crippen molar-refractivity contribution in [1.82, 2.24) is 0 Å². The van der Waals surface area contributed by atoms with Crippen molar-refractivity contribution in [2.75, 3.05) is 0 Å². The van der Waals surface area contributed by atoms with E-state index in [1.54, 1.807) is 0 Å². The lowest BCUT2D eigenvalue weighted by Crippen LogP contribution is -2.18. The summed E-state index contributed by atoms with van der Waals surface area (Å²) < 4.78 is 0.104. The monoisotopic (exact) mass is 396 g/mol. The van der Waals surface area contributed by atoms with E-state index >= 15 is 0 Å². The molecule has 0 aromatic heterocycles. The van der Waals surface area contributed by atoms with Gasteiger partial charge in [0.05, 0.1) is 0 Å². The summed E-state index contributed by atoms with van der Waals surface area (Å²) in [7, 11) is 0. The minimum atomic E-state index is -0.601. The summed E-state index contributed by atoms with van der Waals surface area (Å²) in [6, 6.07) is 12.2. The summed E-state index contributed by atoms with van der Waals surface area (Å²) in [6.45, 7) is 17.3. The van der Waals surface area contributed by atoms with Crippen molar-refractivity contribution in [3.05, 3.63) is 58.7 Å². The van der Waals surface area contributed by atoms with Crippen LogP contribution in [0.2, 0.25) is 5.28 Å². The maximum atomic E-state index is 11.2. The molecule has 2 rings (SSSR count). The van der Waals surface area contributed by atoms with E-state index in [9.17, 15) is 10.2 Å². The third-order valence-electron chi connectivity index (χ3n) is 5.53. The minimum Gasteiger partial charge on any atom is -0.507 e. The summed E-state index contributed by atoms with van der Waals surface area (Å²) in [5.74, 6) is 1.42. The SMILES string of the molecule is CC(C)[CH2][AlH][CH](c1cccc(C(C)(C)C)c1O)c1cccc(C(C)(C)C)c1O. The Bertz CT molecular complexity index is 747. The number of hydrogen-bond acceptors (Lipinski definition) is 2. The maximum absolute atomic E-state index is 11.2. The topological polar surface area (TPSA) is 40.5 Å². The van der Waals surface area contributed by atoms with Crippen LogP contribution in [0.3, 0.4) is 0 Å². The molecule has 0 aliphatic carbocycles. The van der Waals surface area contributed by atoms with Gasteiger partial charge in [0, 0.05) is 0 Å². The highest BCUT2D eigenvalue weighted by Gasteiger charge is 2.29. The van der Waals surface area contributed by atoms with Crippen molar-refractivity contribution >= 4 is 15.2 Å². The Hall–Kier alpha value is -1.43. The van der Waals surface area contributed by atoms with E-state index in [0.29, 0.717) is 17.4 Å². The van der Waals surface area contributed by atoms with Gasteiger partial charge in [-0.15, -0.1) is 0 Å². The number of phenolic OH excluding ortho intramolecular Hbond substituents is 2. The van der Waals surface area contributed by atoms with Crippen LogP contribution in [0, 0.1) is 5.92 Å². The zero-order chi connectivity index (χ0) is 21.3. The van der Waals surface area contributed by atoms with Gasteiger partial charge in [-0.1, -0.05) is 103 Å². The van der Waals surface area contributed by atoms with E-state index < -0.39 is 15.2 Å². The second-order valence-corrected chi connectivity index (χ2v) is 12.5. The Morgan fingerprint density at radius 2 is 1.14 bits per heavy atom. The normalized spacial score (nSPS) is 12.6. The Balaban J connectivity index is 2.66. The van der Waals surface area contributed by atoms with Gasteiger partial charge in [0.1, 0.15) is 11.5 Å². The molecule has 0 fully saturated rings. The zero-order valence-electron chi connectivity index (χ0n) is 18.9. The van der Waals surface area contributed by atoms with E-state index in [2.05, 4.69) is 67.5 Å². The lowest BCUT2D eigenvalue weighted by molar-refractivity contribution is 0.434. The molecule has 0 saturated carbocycles. The molecule has 0 heterocycles. The summed E-state index contributed by atoms with van der Waals surface area (Å²) in [4.78, 5) is 0. The van der Waals surface area contributed by atoms with Crippen molar-refractivity contribution in [3.8, 4) is 11.5 Å². The summed E-state index contributed by atoms with van der Waals surface area (Å²) in [5, 5.41) is 23.5. The van der Waals surface area contributed by atoms with E-state index in [0.717, 1.165) is 22.3 Å². The third-order valence-corrected chi connectivity index (χ3v) is 8.48. The fourth-order valence-electron chi connectivity index (χ4n) is 3.87. The highest BCUT2D eigenvalue weighted by atomic mass is 27.1. The predicted octanol–water partition coefficient (Wildman–Crippen LogP) is 6.29. The Kier molecular flexibility index (Phi) is 6.95. The molecule has 0 unspecified atom stereocenters. The molecule has 2 nitrogen and oxygen atoms in total. The van der Waals surface area contributed by atoms with Crippen LogP contribution < -0.4 is 0 Å². The van der Waals surface area contributed by atoms with Gasteiger partial charge in [0.25, 0.3) is 15.2 Å². The fraction of sp³-hybridized carbons (Fsp3) is 0.520. The van der Waals surface area contributed by atoms with Gasteiger partial charge in [-0.05, 0) is 37.9 Å². The molecule has 0 atom stereocenters. The zero-order valence-corrected chi connectivity index (χ0v) is 20.3. The van der Waals surface area contributed by atoms with Gasteiger partial charge in [-0.3, -0.25) is 0 Å². The van der Waals surface area contributed by atoms with Crippen molar-refractivity contribution < 1.29 is 10.2 Å². The van der Waals surface area contributed by atoms with Gasteiger partial charge in [-0.2, -0.15) is 0 Å². The lowest BCUT2D eigenvalue weighted by atomic mass is 9.82. The largest absolute Gasteiger partial charge is 0.507 e. The van der Waals surface area contributed by atoms with Crippen LogP contribution in [0.25, 0.3) is 0 Å². The summed E-state index contributed by atoms with van der Waals surface area (Å²) >= 11 is -0.601. The molecule has 0 bridgehead atoms. The van der Waals surface area contributed by atoms with Crippen LogP contribution in [0.15, 0.2) is 36.4 Å². The molecule has 28 heavy (non-hydrogen) atoms. The Morgan fingerprint density at radius 3 is 1.46 bits per heavy atom. The quantitative estimate of drug-likeness (QED) is 0.583. The van der Waals surface area contributed by atoms with Crippen LogP contribution in [-0.2, 0) is 10.8 Å². The second-order valence-electron chi connectivity index (χ2n) is 10.5. The highest BCUT2D eigenvalue weighted by molar-refractivity contribution is 6.39. The number of benzene rings is 2. The fourth-order valence-corrected chi connectivity index (χ4v) is 6.15. The molecule has 0 aliphatic rings. The Morgan fingerprint density at radius 1 is 0.750 bits per heavy atom. The number of aromatic hydroxyl groups is 2. The molecule has 152 valence electrons. The van der Waals surface area contributed by atoms with E-state index in [4.69, 9.17) is 0 Å². The maximum Gasteiger partial charge on any atom is 0.255 e. The molecule has 3 heteroatoms. The molecule has 2 aromatic rings. The van der Waals surface area contributed by atoms with Gasteiger partial charge in [0.15, 0.2) is 0 Å². The molecule has 0 spiro atoms. The van der Waals surface area contributed by atoms with Crippen LogP contribution in [0.4, 0.5) is 0 Å². The number of para-hydroxylation sites is 2. The molecule has 0 aliphatic heterocycles. The first-order chi connectivity index (χ1) is 12.8. The van der Waals surface area contributed by atoms with Gasteiger partial charge < -0.3 is 10.2 Å². The van der Waals surface area contributed by atoms with Crippen molar-refractivity contribution in [3.63, 3.8) is 0 Å². The van der Waals surface area contributed by atoms with Crippen molar-refractivity contribution in [2.24, 2.45) is 5.92 Å². The highest BCUT2D eigenvalue weighted by Crippen LogP contribution is 2.43. The Labute approximate surface area is 177 Å². The van der Waals surface area contributed by atoms with E-state index in [1.807, 2.05) is 24.3 Å². The molecule has 0 saturated heterocycles. The van der Waals surface area contributed by atoms with Crippen LogP contribution in [0.1, 0.15) is 82.4 Å². The standard InChI is InChI=1S/C21H27O2.C4H9.Al.H/c1-20(2,3)16-11-7-9-14(18(16)22)13-15-10-8-12-17(19(15)23)21(4,5)6;1-4(2)3;;/h7-13,22-23H,1-6H3;4H,1H2,2-3H3;;. The first-order valence-electron chi connectivity index (χ1n) is 10.5. The lowest BCUT2D eigenvalue weighted by Gasteiger charge is -2.28. The van der Waals surface area contributed by atoms with E-state index in [-0.39, 0.29) is 15.6 Å². The summed E-state index contributed by atoms with van der Waals surface area (Å²) in [6.07, 6.45) is 0. The van der Waals surface area contributed by atoms with Gasteiger partial charge in [0.2, 0.25) is 0 Å². The minimum absolute atomic E-state index is 0.104. The molecule has 2 aromatic carbocycles. The average molecular weight is 397 g/mol. The molecular formula is C25H37AlO2. The van der Waals surface area contributed by atoms with Crippen molar-refractivity contribution in [2.45, 2.75) is 76.3 Å². The van der Waals surface area contributed by atoms with Crippen molar-refractivity contribution in [1.29, 1.82) is 0 Å². The number of rotatable bonds is 5. The van der Waals surface area contributed by atoms with E-state index in [1.165, 1.54) is 5.28 Å². The summed E-state index contributed by atoms with van der Waals surface area (Å²) in [5.41, 5.74) is 3.64. The van der Waals surface area contributed by atoms with Crippen LogP contribution in [0.5, 0.6) is 11.5 Å².